The molecule has 0 bridgehead atoms. The highest BCUT2D eigenvalue weighted by Gasteiger charge is 2.13. The van der Waals surface area contributed by atoms with Crippen molar-refractivity contribution in [2.45, 2.75) is 0 Å². The van der Waals surface area contributed by atoms with E-state index in [0.29, 0.717) is 37.0 Å². The van der Waals surface area contributed by atoms with E-state index in [-0.39, 0.29) is 5.91 Å². The number of ether oxygens (including phenoxy) is 2. The summed E-state index contributed by atoms with van der Waals surface area (Å²) < 4.78 is 11.1. The van der Waals surface area contributed by atoms with E-state index in [4.69, 9.17) is 9.47 Å². The Kier molecular flexibility index (Phi) is 5.30. The molecule has 132 valence electrons. The maximum atomic E-state index is 12.1. The van der Waals surface area contributed by atoms with Gasteiger partial charge in [0.2, 0.25) is 0 Å². The molecule has 1 aromatic carbocycles. The summed E-state index contributed by atoms with van der Waals surface area (Å²) in [5.41, 5.74) is 1.11. The lowest BCUT2D eigenvalue weighted by Crippen LogP contribution is -2.31. The zero-order chi connectivity index (χ0) is 17.6. The molecule has 0 radical (unpaired) electrons. The largest absolute Gasteiger partial charge is 0.486 e. The van der Waals surface area contributed by atoms with E-state index in [1.807, 2.05) is 37.2 Å². The number of anilines is 2. The lowest BCUT2D eigenvalue weighted by Gasteiger charge is -2.19. The second kappa shape index (κ2) is 7.80. The molecule has 0 saturated heterocycles. The van der Waals surface area contributed by atoms with Crippen molar-refractivity contribution in [3.63, 3.8) is 0 Å². The first kappa shape index (κ1) is 17.0. The van der Waals surface area contributed by atoms with E-state index in [9.17, 15) is 4.79 Å². The van der Waals surface area contributed by atoms with Gasteiger partial charge in [0.25, 0.3) is 5.91 Å². The number of rotatable bonds is 6. The quantitative estimate of drug-likeness (QED) is 0.817. The summed E-state index contributed by atoms with van der Waals surface area (Å²) in [5.74, 6) is 1.71. The Morgan fingerprint density at radius 3 is 2.76 bits per heavy atom. The molecule has 2 heterocycles. The molecule has 1 aromatic heterocycles. The minimum Gasteiger partial charge on any atom is -0.486 e. The molecule has 25 heavy (non-hydrogen) atoms. The smallest absolute Gasteiger partial charge is 0.270 e. The van der Waals surface area contributed by atoms with Crippen molar-refractivity contribution in [2.24, 2.45) is 0 Å². The van der Waals surface area contributed by atoms with Crippen molar-refractivity contribution in [1.82, 2.24) is 20.2 Å². The molecule has 0 spiro atoms. The van der Waals surface area contributed by atoms with Crippen LogP contribution in [0, 0.1) is 0 Å². The topological polar surface area (TPSA) is 88.6 Å². The molecule has 0 aliphatic carbocycles. The van der Waals surface area contributed by atoms with Crippen LogP contribution in [0.4, 0.5) is 11.5 Å². The third-order valence-electron chi connectivity index (χ3n) is 3.56. The number of fused-ring (bicyclic) bond motifs is 1. The first-order valence-corrected chi connectivity index (χ1v) is 8.03. The molecular weight excluding hydrogens is 322 g/mol. The average Bonchev–Trinajstić information content (AvgIpc) is 2.61. The predicted molar refractivity (Wildman–Crippen MR) is 93.6 cm³/mol. The fraction of sp³-hybridized carbons (Fsp3) is 0.353. The Bertz CT molecular complexity index is 751. The van der Waals surface area contributed by atoms with Crippen LogP contribution in [-0.2, 0) is 0 Å². The van der Waals surface area contributed by atoms with E-state index in [1.165, 1.54) is 6.33 Å². The number of nitrogens with zero attached hydrogens (tertiary/aromatic N) is 3. The van der Waals surface area contributed by atoms with Gasteiger partial charge in [-0.05, 0) is 26.2 Å². The van der Waals surface area contributed by atoms with Crippen LogP contribution in [0.25, 0.3) is 0 Å². The number of nitrogens with one attached hydrogen (secondary N) is 2. The highest BCUT2D eigenvalue weighted by atomic mass is 16.6. The summed E-state index contributed by atoms with van der Waals surface area (Å²) in [6, 6.07) is 7.16. The number of amides is 1. The molecule has 2 N–H and O–H groups in total. The van der Waals surface area contributed by atoms with Gasteiger partial charge in [-0.1, -0.05) is 0 Å². The molecule has 8 heteroatoms. The second-order valence-corrected chi connectivity index (χ2v) is 5.83. The molecule has 1 aliphatic rings. The van der Waals surface area contributed by atoms with Crippen LogP contribution >= 0.6 is 0 Å². The number of aromatic nitrogens is 2. The number of carbonyl (C=O) groups is 1. The van der Waals surface area contributed by atoms with E-state index >= 15 is 0 Å². The van der Waals surface area contributed by atoms with Crippen molar-refractivity contribution in [3.8, 4) is 11.5 Å². The van der Waals surface area contributed by atoms with Crippen molar-refractivity contribution in [1.29, 1.82) is 0 Å². The zero-order valence-electron chi connectivity index (χ0n) is 14.3. The van der Waals surface area contributed by atoms with Crippen LogP contribution in [0.3, 0.4) is 0 Å². The van der Waals surface area contributed by atoms with Crippen molar-refractivity contribution >= 4 is 17.4 Å². The van der Waals surface area contributed by atoms with Gasteiger partial charge >= 0.3 is 0 Å². The highest BCUT2D eigenvalue weighted by molar-refractivity contribution is 5.92. The summed E-state index contributed by atoms with van der Waals surface area (Å²) in [6.45, 7) is 2.40. The number of hydrogen-bond donors (Lipinski definition) is 2. The molecular formula is C17H21N5O3. The number of carbonyl (C=O) groups excluding carboxylic acids is 1. The monoisotopic (exact) mass is 343 g/mol. The molecule has 8 nitrogen and oxygen atoms in total. The molecule has 3 rings (SSSR count). The van der Waals surface area contributed by atoms with Crippen LogP contribution < -0.4 is 20.1 Å². The average molecular weight is 343 g/mol. The van der Waals surface area contributed by atoms with Gasteiger partial charge in [0, 0.05) is 30.9 Å². The van der Waals surface area contributed by atoms with Gasteiger partial charge in [-0.2, -0.15) is 0 Å². The summed E-state index contributed by atoms with van der Waals surface area (Å²) in [5, 5.41) is 5.98. The standard InChI is InChI=1S/C17H21N5O3/c1-22(2)6-5-18-17(23)13-10-16(20-11-19-13)21-12-3-4-14-15(9-12)25-8-7-24-14/h3-4,9-11H,5-8H2,1-2H3,(H,18,23)(H,19,20,21). The van der Waals surface area contributed by atoms with Gasteiger partial charge in [-0.15, -0.1) is 0 Å². The fourth-order valence-corrected chi connectivity index (χ4v) is 2.30. The Hall–Kier alpha value is -2.87. The fourth-order valence-electron chi connectivity index (χ4n) is 2.30. The predicted octanol–water partition coefficient (Wildman–Crippen LogP) is 1.28. The molecule has 0 fully saturated rings. The van der Waals surface area contributed by atoms with Gasteiger partial charge in [0.1, 0.15) is 31.1 Å². The molecule has 1 aliphatic heterocycles. The van der Waals surface area contributed by atoms with E-state index in [0.717, 1.165) is 18.0 Å². The van der Waals surface area contributed by atoms with Crippen LogP contribution in [0.15, 0.2) is 30.6 Å². The summed E-state index contributed by atoms with van der Waals surface area (Å²) >= 11 is 0. The minimum absolute atomic E-state index is 0.227. The van der Waals surface area contributed by atoms with Gasteiger partial charge in [0.15, 0.2) is 11.5 Å². The molecule has 0 atom stereocenters. The first-order valence-electron chi connectivity index (χ1n) is 8.03. The summed E-state index contributed by atoms with van der Waals surface area (Å²) in [6.07, 6.45) is 1.36. The van der Waals surface area contributed by atoms with Crippen LogP contribution in [0.1, 0.15) is 10.5 Å². The van der Waals surface area contributed by atoms with Gasteiger partial charge in [0.05, 0.1) is 0 Å². The molecule has 2 aromatic rings. The second-order valence-electron chi connectivity index (χ2n) is 5.83. The highest BCUT2D eigenvalue weighted by Crippen LogP contribution is 2.33. The van der Waals surface area contributed by atoms with Gasteiger partial charge < -0.3 is 25.0 Å². The van der Waals surface area contributed by atoms with E-state index < -0.39 is 0 Å². The Labute approximate surface area is 146 Å². The Morgan fingerprint density at radius 2 is 1.96 bits per heavy atom. The van der Waals surface area contributed by atoms with Gasteiger partial charge in [-0.25, -0.2) is 9.97 Å². The Morgan fingerprint density at radius 1 is 1.16 bits per heavy atom. The lowest BCUT2D eigenvalue weighted by molar-refractivity contribution is 0.0946. The Balaban J connectivity index is 1.66. The maximum Gasteiger partial charge on any atom is 0.270 e. The number of benzene rings is 1. The normalized spacial score (nSPS) is 12.8. The first-order chi connectivity index (χ1) is 12.1. The molecule has 1 amide bonds. The van der Waals surface area contributed by atoms with Crippen molar-refractivity contribution in [2.75, 3.05) is 45.7 Å². The van der Waals surface area contributed by atoms with Crippen LogP contribution in [0.2, 0.25) is 0 Å². The maximum absolute atomic E-state index is 12.1. The zero-order valence-corrected chi connectivity index (χ0v) is 14.3. The minimum atomic E-state index is -0.227. The number of hydrogen-bond acceptors (Lipinski definition) is 7. The van der Waals surface area contributed by atoms with E-state index in [1.54, 1.807) is 6.07 Å². The molecule has 0 saturated carbocycles. The van der Waals surface area contributed by atoms with Crippen LogP contribution in [0.5, 0.6) is 11.5 Å². The third-order valence-corrected chi connectivity index (χ3v) is 3.56. The van der Waals surface area contributed by atoms with Crippen molar-refractivity contribution < 1.29 is 14.3 Å². The van der Waals surface area contributed by atoms with E-state index in [2.05, 4.69) is 20.6 Å². The lowest BCUT2D eigenvalue weighted by atomic mass is 10.2. The number of likely N-dealkylation sites (N-methyl/N-ethyl adjacent to an activating group) is 1. The van der Waals surface area contributed by atoms with Crippen LogP contribution in [-0.4, -0.2) is 61.2 Å². The van der Waals surface area contributed by atoms with Gasteiger partial charge in [-0.3, -0.25) is 4.79 Å². The SMILES string of the molecule is CN(C)CCNC(=O)c1cc(Nc2ccc3c(c2)OCCO3)ncn1. The summed E-state index contributed by atoms with van der Waals surface area (Å²) in [7, 11) is 3.90. The third kappa shape index (κ3) is 4.57. The molecule has 0 unspecified atom stereocenters. The summed E-state index contributed by atoms with van der Waals surface area (Å²) in [4.78, 5) is 22.3. The van der Waals surface area contributed by atoms with Crippen molar-refractivity contribution in [3.05, 3.63) is 36.3 Å².